The molecule has 0 radical (unpaired) electrons. The number of benzene rings is 1. The largest absolute Gasteiger partial charge is 0.496 e. The topological polar surface area (TPSA) is 62.7 Å². The standard InChI is InChI=1S/C25H35N3O3S/c1-3-14-27(22-9-10-24-21(17-22)6-4-8-25(24)31-2)19-20-11-15-28(16-12-20)32(29,30)23-7-5-13-26-18-23/h4-8,13,18,20,22H,3,9-12,14-17,19H2,1-2H3. The molecular weight excluding hydrogens is 422 g/mol. The van der Waals surface area contributed by atoms with Crippen LogP contribution in [-0.2, 0) is 22.9 Å². The minimum absolute atomic E-state index is 0.294. The summed E-state index contributed by atoms with van der Waals surface area (Å²) in [6.07, 6.45) is 9.30. The van der Waals surface area contributed by atoms with Crippen LogP contribution in [0.5, 0.6) is 5.75 Å². The summed E-state index contributed by atoms with van der Waals surface area (Å²) in [5, 5.41) is 0. The zero-order valence-corrected chi connectivity index (χ0v) is 20.1. The van der Waals surface area contributed by atoms with E-state index in [1.165, 1.54) is 17.3 Å². The zero-order valence-electron chi connectivity index (χ0n) is 19.2. The fourth-order valence-electron chi connectivity index (χ4n) is 5.28. The van der Waals surface area contributed by atoms with Crippen LogP contribution in [0, 0.1) is 5.92 Å². The van der Waals surface area contributed by atoms with E-state index < -0.39 is 10.0 Å². The Morgan fingerprint density at radius 1 is 1.16 bits per heavy atom. The van der Waals surface area contributed by atoms with E-state index in [4.69, 9.17) is 4.74 Å². The Bertz CT molecular complexity index is 989. The summed E-state index contributed by atoms with van der Waals surface area (Å²) >= 11 is 0. The first-order valence-electron chi connectivity index (χ1n) is 11.8. The molecule has 1 aliphatic heterocycles. The molecule has 1 saturated heterocycles. The molecule has 0 amide bonds. The number of ether oxygens (including phenoxy) is 1. The lowest BCUT2D eigenvalue weighted by atomic mass is 9.86. The van der Waals surface area contributed by atoms with Crippen molar-refractivity contribution < 1.29 is 13.2 Å². The highest BCUT2D eigenvalue weighted by atomic mass is 32.2. The Morgan fingerprint density at radius 3 is 2.66 bits per heavy atom. The van der Waals surface area contributed by atoms with E-state index in [9.17, 15) is 8.42 Å². The van der Waals surface area contributed by atoms with Crippen molar-refractivity contribution in [3.8, 4) is 5.75 Å². The maximum atomic E-state index is 12.9. The molecule has 0 spiro atoms. The molecule has 174 valence electrons. The van der Waals surface area contributed by atoms with Crippen LogP contribution < -0.4 is 4.74 Å². The molecule has 1 fully saturated rings. The molecule has 7 heteroatoms. The van der Waals surface area contributed by atoms with Crippen molar-refractivity contribution in [2.24, 2.45) is 5.92 Å². The molecule has 1 atom stereocenters. The Labute approximate surface area is 192 Å². The normalized spacial score (nSPS) is 20.3. The van der Waals surface area contributed by atoms with Crippen molar-refractivity contribution >= 4 is 10.0 Å². The number of aromatic nitrogens is 1. The average Bonchev–Trinajstić information content (AvgIpc) is 2.84. The molecule has 4 rings (SSSR count). The van der Waals surface area contributed by atoms with Gasteiger partial charge in [-0.2, -0.15) is 4.31 Å². The second-order valence-electron chi connectivity index (χ2n) is 9.03. The fraction of sp³-hybridized carbons (Fsp3) is 0.560. The number of sulfonamides is 1. The van der Waals surface area contributed by atoms with Gasteiger partial charge in [0, 0.05) is 38.1 Å². The van der Waals surface area contributed by atoms with Gasteiger partial charge in [-0.15, -0.1) is 0 Å². The Hall–Kier alpha value is -1.96. The van der Waals surface area contributed by atoms with Gasteiger partial charge in [0.2, 0.25) is 10.0 Å². The Kier molecular flexibility index (Phi) is 7.48. The van der Waals surface area contributed by atoms with Gasteiger partial charge in [-0.05, 0) is 80.3 Å². The highest BCUT2D eigenvalue weighted by Gasteiger charge is 2.32. The van der Waals surface area contributed by atoms with Crippen LogP contribution in [0.25, 0.3) is 0 Å². The van der Waals surface area contributed by atoms with Crippen LogP contribution in [0.1, 0.15) is 43.7 Å². The summed E-state index contributed by atoms with van der Waals surface area (Å²) in [6.45, 7) is 5.58. The van der Waals surface area contributed by atoms with E-state index in [0.29, 0.717) is 29.9 Å². The third kappa shape index (κ3) is 5.00. The first-order valence-corrected chi connectivity index (χ1v) is 13.3. The highest BCUT2D eigenvalue weighted by molar-refractivity contribution is 7.89. The maximum Gasteiger partial charge on any atom is 0.244 e. The number of methoxy groups -OCH3 is 1. The summed E-state index contributed by atoms with van der Waals surface area (Å²) in [5.41, 5.74) is 2.79. The van der Waals surface area contributed by atoms with E-state index in [2.05, 4.69) is 35.0 Å². The second kappa shape index (κ2) is 10.3. The van der Waals surface area contributed by atoms with Gasteiger partial charge in [-0.3, -0.25) is 9.88 Å². The van der Waals surface area contributed by atoms with Gasteiger partial charge in [0.15, 0.2) is 0 Å². The molecule has 1 aliphatic carbocycles. The lowest BCUT2D eigenvalue weighted by molar-refractivity contribution is 0.129. The van der Waals surface area contributed by atoms with Gasteiger partial charge in [0.1, 0.15) is 10.6 Å². The summed E-state index contributed by atoms with van der Waals surface area (Å²) < 4.78 is 33.0. The van der Waals surface area contributed by atoms with Gasteiger partial charge in [-0.1, -0.05) is 19.1 Å². The van der Waals surface area contributed by atoms with Crippen molar-refractivity contribution in [1.82, 2.24) is 14.2 Å². The van der Waals surface area contributed by atoms with E-state index in [-0.39, 0.29) is 0 Å². The van der Waals surface area contributed by atoms with E-state index in [0.717, 1.165) is 57.4 Å². The molecule has 0 N–H and O–H groups in total. The number of nitrogens with zero attached hydrogens (tertiary/aromatic N) is 3. The molecule has 1 unspecified atom stereocenters. The molecule has 2 aliphatic rings. The van der Waals surface area contributed by atoms with Crippen LogP contribution in [0.15, 0.2) is 47.6 Å². The van der Waals surface area contributed by atoms with Crippen molar-refractivity contribution in [1.29, 1.82) is 0 Å². The molecular formula is C25H35N3O3S. The lowest BCUT2D eigenvalue weighted by Crippen LogP contribution is -2.46. The van der Waals surface area contributed by atoms with Gasteiger partial charge < -0.3 is 4.74 Å². The number of fused-ring (bicyclic) bond motifs is 1. The fourth-order valence-corrected chi connectivity index (χ4v) is 6.71. The Balaban J connectivity index is 1.37. The molecule has 2 aromatic rings. The summed E-state index contributed by atoms with van der Waals surface area (Å²) in [4.78, 5) is 6.94. The summed E-state index contributed by atoms with van der Waals surface area (Å²) in [5.74, 6) is 1.55. The number of pyridine rings is 1. The predicted octanol–water partition coefficient (Wildman–Crippen LogP) is 3.76. The number of piperidine rings is 1. The predicted molar refractivity (Wildman–Crippen MR) is 126 cm³/mol. The lowest BCUT2D eigenvalue weighted by Gasteiger charge is -2.39. The van der Waals surface area contributed by atoms with Crippen molar-refractivity contribution in [3.05, 3.63) is 53.9 Å². The third-order valence-corrected chi connectivity index (χ3v) is 8.88. The molecule has 0 saturated carbocycles. The summed E-state index contributed by atoms with van der Waals surface area (Å²) in [6, 6.07) is 10.3. The smallest absolute Gasteiger partial charge is 0.244 e. The minimum Gasteiger partial charge on any atom is -0.496 e. The van der Waals surface area contributed by atoms with Crippen LogP contribution in [-0.4, -0.2) is 61.9 Å². The van der Waals surface area contributed by atoms with E-state index in [1.807, 2.05) is 0 Å². The molecule has 1 aromatic carbocycles. The number of rotatable bonds is 8. The van der Waals surface area contributed by atoms with E-state index in [1.54, 1.807) is 29.7 Å². The van der Waals surface area contributed by atoms with Crippen LogP contribution in [0.3, 0.4) is 0 Å². The molecule has 0 bridgehead atoms. The van der Waals surface area contributed by atoms with Gasteiger partial charge in [0.25, 0.3) is 0 Å². The van der Waals surface area contributed by atoms with Crippen molar-refractivity contribution in [3.63, 3.8) is 0 Å². The summed E-state index contributed by atoms with van der Waals surface area (Å²) in [7, 11) is -1.68. The van der Waals surface area contributed by atoms with Crippen molar-refractivity contribution in [2.75, 3.05) is 33.3 Å². The molecule has 32 heavy (non-hydrogen) atoms. The number of hydrogen-bond donors (Lipinski definition) is 0. The Morgan fingerprint density at radius 2 is 1.97 bits per heavy atom. The van der Waals surface area contributed by atoms with Gasteiger partial charge >= 0.3 is 0 Å². The monoisotopic (exact) mass is 457 g/mol. The first kappa shape index (κ1) is 23.2. The van der Waals surface area contributed by atoms with E-state index >= 15 is 0 Å². The van der Waals surface area contributed by atoms with Crippen LogP contribution in [0.4, 0.5) is 0 Å². The molecule has 6 nitrogen and oxygen atoms in total. The third-order valence-electron chi connectivity index (χ3n) is 7.00. The number of hydrogen-bond acceptors (Lipinski definition) is 5. The van der Waals surface area contributed by atoms with Gasteiger partial charge in [0.05, 0.1) is 7.11 Å². The quantitative estimate of drug-likeness (QED) is 0.604. The zero-order chi connectivity index (χ0) is 22.6. The highest BCUT2D eigenvalue weighted by Crippen LogP contribution is 2.32. The maximum absolute atomic E-state index is 12.9. The SMILES string of the molecule is CCCN(CC1CCN(S(=O)(=O)c2cccnc2)CC1)C1CCc2c(cccc2OC)C1. The first-order chi connectivity index (χ1) is 15.5. The van der Waals surface area contributed by atoms with Crippen LogP contribution >= 0.6 is 0 Å². The second-order valence-corrected chi connectivity index (χ2v) is 11.0. The molecule has 1 aromatic heterocycles. The van der Waals surface area contributed by atoms with Crippen LogP contribution in [0.2, 0.25) is 0 Å². The van der Waals surface area contributed by atoms with Crippen molar-refractivity contribution in [2.45, 2.75) is 56.4 Å². The molecule has 2 heterocycles. The average molecular weight is 458 g/mol. The van der Waals surface area contributed by atoms with Gasteiger partial charge in [-0.25, -0.2) is 8.42 Å². The minimum atomic E-state index is -3.44.